The molecule has 0 N–H and O–H groups in total. The lowest BCUT2D eigenvalue weighted by Crippen LogP contribution is -2.57. The zero-order chi connectivity index (χ0) is 38.6. The van der Waals surface area contributed by atoms with Gasteiger partial charge in [-0.25, -0.2) is 0 Å². The largest absolute Gasteiger partial charge is 0.458 e. The Balaban J connectivity index is 1.09. The highest BCUT2D eigenvalue weighted by Crippen LogP contribution is 2.42. The predicted molar refractivity (Wildman–Crippen MR) is 244 cm³/mol. The molecule has 0 aliphatic carbocycles. The first-order valence-electron chi connectivity index (χ1n) is 20.2. The van der Waals surface area contributed by atoms with Gasteiger partial charge in [-0.15, -0.1) is 0 Å². The van der Waals surface area contributed by atoms with Gasteiger partial charge >= 0.3 is 0 Å². The number of fused-ring (bicyclic) bond motifs is 10. The molecular weight excluding hydrogens is 719 g/mol. The molecule has 0 fully saturated rings. The van der Waals surface area contributed by atoms with Crippen molar-refractivity contribution in [3.05, 3.63) is 200 Å². The van der Waals surface area contributed by atoms with Crippen LogP contribution in [0.15, 0.2) is 200 Å². The minimum Gasteiger partial charge on any atom is -0.458 e. The first-order chi connectivity index (χ1) is 29.2. The highest BCUT2D eigenvalue weighted by molar-refractivity contribution is 6.98. The zero-order valence-electron chi connectivity index (χ0n) is 31.8. The standard InChI is InChI=1S/C54H33BN2O2/c1-5-14-34(15-6-1)36-24-26-46-40(28-36)42-30-44-52(32-48(42)56(46)38-18-9-3-10-19-38)58-50-22-13-23-51-54(50)55(44)45-31-43-41-29-37(35-16-7-2-8-17-35)25-27-47(41)57(39-20-11-4-12-21-39)49(43)33-53(45)59-51/h1-33H. The minimum absolute atomic E-state index is 0.109. The van der Waals surface area contributed by atoms with E-state index < -0.39 is 0 Å². The minimum atomic E-state index is -0.109. The molecule has 0 unspecified atom stereocenters. The third-order valence-corrected chi connectivity index (χ3v) is 12.4. The number of nitrogens with zero attached hydrogens (tertiary/aromatic N) is 2. The summed E-state index contributed by atoms with van der Waals surface area (Å²) < 4.78 is 18.6. The van der Waals surface area contributed by atoms with Crippen molar-refractivity contribution in [1.82, 2.24) is 9.13 Å². The summed E-state index contributed by atoms with van der Waals surface area (Å²) in [5.41, 5.74) is 14.9. The van der Waals surface area contributed by atoms with E-state index in [0.717, 1.165) is 72.8 Å². The molecule has 0 saturated carbocycles. The molecule has 11 aromatic rings. The molecule has 0 spiro atoms. The van der Waals surface area contributed by atoms with Crippen molar-refractivity contribution >= 4 is 66.7 Å². The van der Waals surface area contributed by atoms with Gasteiger partial charge in [-0.3, -0.25) is 0 Å². The van der Waals surface area contributed by atoms with Crippen LogP contribution in [0.4, 0.5) is 0 Å². The number of rotatable bonds is 4. The van der Waals surface area contributed by atoms with E-state index in [1.165, 1.54) is 43.8 Å². The van der Waals surface area contributed by atoms with Crippen molar-refractivity contribution in [2.45, 2.75) is 0 Å². The summed E-state index contributed by atoms with van der Waals surface area (Å²) >= 11 is 0. The van der Waals surface area contributed by atoms with Crippen LogP contribution in [0.2, 0.25) is 0 Å². The SMILES string of the molecule is c1ccc(-c2ccc3c(c2)c2cc4c(cc2n3-c2ccccc2)Oc2cccc3c2B4c2cc4c5cc(-c6ccccc6)ccc5n(-c5ccccc5)c4cc2O3)cc1. The highest BCUT2D eigenvalue weighted by atomic mass is 16.5. The summed E-state index contributed by atoms with van der Waals surface area (Å²) in [4.78, 5) is 0. The molecule has 0 radical (unpaired) electrons. The van der Waals surface area contributed by atoms with Gasteiger partial charge in [0.1, 0.15) is 23.0 Å². The van der Waals surface area contributed by atoms with E-state index in [9.17, 15) is 0 Å². The van der Waals surface area contributed by atoms with Crippen LogP contribution in [0.5, 0.6) is 23.0 Å². The molecule has 0 atom stereocenters. The summed E-state index contributed by atoms with van der Waals surface area (Å²) in [6, 6.07) is 71.8. The van der Waals surface area contributed by atoms with Gasteiger partial charge in [0.2, 0.25) is 0 Å². The number of para-hydroxylation sites is 2. The van der Waals surface area contributed by atoms with E-state index in [4.69, 9.17) is 9.47 Å². The molecule has 0 amide bonds. The Morgan fingerprint density at radius 1 is 0.305 bits per heavy atom. The summed E-state index contributed by atoms with van der Waals surface area (Å²) in [5, 5.41) is 4.78. The van der Waals surface area contributed by atoms with Gasteiger partial charge in [0.15, 0.2) is 0 Å². The number of benzene rings is 9. The van der Waals surface area contributed by atoms with Crippen LogP contribution in [0.3, 0.4) is 0 Å². The molecule has 4 nitrogen and oxygen atoms in total. The van der Waals surface area contributed by atoms with Gasteiger partial charge in [0.05, 0.1) is 22.1 Å². The van der Waals surface area contributed by atoms with Crippen LogP contribution in [0.25, 0.3) is 77.2 Å². The lowest BCUT2D eigenvalue weighted by Gasteiger charge is -2.33. The number of ether oxygens (including phenoxy) is 2. The summed E-state index contributed by atoms with van der Waals surface area (Å²) in [6.45, 7) is -0.109. The molecule has 2 aliphatic heterocycles. The topological polar surface area (TPSA) is 28.3 Å². The molecule has 0 saturated heterocycles. The van der Waals surface area contributed by atoms with Gasteiger partial charge in [-0.1, -0.05) is 127 Å². The van der Waals surface area contributed by atoms with Crippen LogP contribution in [0, 0.1) is 0 Å². The number of hydrogen-bond acceptors (Lipinski definition) is 2. The second kappa shape index (κ2) is 12.4. The second-order valence-electron chi connectivity index (χ2n) is 15.7. The van der Waals surface area contributed by atoms with E-state index >= 15 is 0 Å². The van der Waals surface area contributed by atoms with Crippen molar-refractivity contribution < 1.29 is 9.47 Å². The van der Waals surface area contributed by atoms with E-state index in [0.29, 0.717) is 0 Å². The molecule has 13 rings (SSSR count). The number of aromatic nitrogens is 2. The van der Waals surface area contributed by atoms with Crippen molar-refractivity contribution in [2.75, 3.05) is 0 Å². The van der Waals surface area contributed by atoms with E-state index in [1.807, 2.05) is 6.07 Å². The van der Waals surface area contributed by atoms with Crippen LogP contribution in [0.1, 0.15) is 0 Å². The molecule has 5 heteroatoms. The van der Waals surface area contributed by atoms with Crippen LogP contribution < -0.4 is 25.9 Å². The van der Waals surface area contributed by atoms with Crippen molar-refractivity contribution in [2.24, 2.45) is 0 Å². The monoisotopic (exact) mass is 752 g/mol. The molecule has 9 aromatic carbocycles. The zero-order valence-corrected chi connectivity index (χ0v) is 31.8. The van der Waals surface area contributed by atoms with Crippen molar-refractivity contribution in [3.63, 3.8) is 0 Å². The maximum absolute atomic E-state index is 6.91. The molecule has 0 bridgehead atoms. The lowest BCUT2D eigenvalue weighted by molar-refractivity contribution is 0.465. The normalized spacial score (nSPS) is 12.6. The Hall–Kier alpha value is -7.76. The summed E-state index contributed by atoms with van der Waals surface area (Å²) in [7, 11) is 0. The fraction of sp³-hybridized carbons (Fsp3) is 0. The maximum Gasteiger partial charge on any atom is 0.260 e. The molecule has 2 aromatic heterocycles. The van der Waals surface area contributed by atoms with Crippen LogP contribution in [-0.4, -0.2) is 15.8 Å². The average molecular weight is 753 g/mol. The highest BCUT2D eigenvalue weighted by Gasteiger charge is 2.41. The smallest absolute Gasteiger partial charge is 0.260 e. The summed E-state index contributed by atoms with van der Waals surface area (Å²) in [6.07, 6.45) is 0. The fourth-order valence-electron chi connectivity index (χ4n) is 9.79. The van der Waals surface area contributed by atoms with Gasteiger partial charge in [0, 0.05) is 50.5 Å². The van der Waals surface area contributed by atoms with Gasteiger partial charge in [0.25, 0.3) is 6.71 Å². The quantitative estimate of drug-likeness (QED) is 0.168. The van der Waals surface area contributed by atoms with Crippen molar-refractivity contribution in [1.29, 1.82) is 0 Å². The van der Waals surface area contributed by atoms with Gasteiger partial charge < -0.3 is 18.6 Å². The summed E-state index contributed by atoms with van der Waals surface area (Å²) in [5.74, 6) is 3.39. The first kappa shape index (κ1) is 32.3. The van der Waals surface area contributed by atoms with Gasteiger partial charge in [-0.05, 0) is 93.8 Å². The third-order valence-electron chi connectivity index (χ3n) is 12.4. The maximum atomic E-state index is 6.91. The Kier molecular flexibility index (Phi) is 6.78. The third kappa shape index (κ3) is 4.79. The second-order valence-corrected chi connectivity index (χ2v) is 15.7. The Labute approximate surface area is 340 Å². The Bertz CT molecular complexity index is 3250. The predicted octanol–water partition coefficient (Wildman–Crippen LogP) is 11.9. The fourth-order valence-corrected chi connectivity index (χ4v) is 9.79. The average Bonchev–Trinajstić information content (AvgIpc) is 3.79. The molecule has 274 valence electrons. The van der Waals surface area contributed by atoms with E-state index in [1.54, 1.807) is 0 Å². The molecular formula is C54H33BN2O2. The van der Waals surface area contributed by atoms with Crippen LogP contribution in [-0.2, 0) is 0 Å². The van der Waals surface area contributed by atoms with E-state index in [2.05, 4.69) is 203 Å². The van der Waals surface area contributed by atoms with Crippen LogP contribution >= 0.6 is 0 Å². The molecule has 4 heterocycles. The Morgan fingerprint density at radius 2 is 0.712 bits per heavy atom. The molecule has 2 aliphatic rings. The first-order valence-corrected chi connectivity index (χ1v) is 20.2. The lowest BCUT2D eigenvalue weighted by atomic mass is 9.34. The van der Waals surface area contributed by atoms with Gasteiger partial charge in [-0.2, -0.15) is 0 Å². The van der Waals surface area contributed by atoms with E-state index in [-0.39, 0.29) is 6.71 Å². The Morgan fingerprint density at radius 3 is 1.15 bits per heavy atom. The molecule has 59 heavy (non-hydrogen) atoms. The number of hydrogen-bond donors (Lipinski definition) is 0. The van der Waals surface area contributed by atoms with Crippen molar-refractivity contribution in [3.8, 4) is 56.6 Å².